The van der Waals surface area contributed by atoms with E-state index in [2.05, 4.69) is 26.8 Å². The highest BCUT2D eigenvalue weighted by atomic mass is 35.5. The zero-order valence-electron chi connectivity index (χ0n) is 7.19. The maximum atomic E-state index is 5.85. The molecule has 0 nitrogen and oxygen atoms in total. The Morgan fingerprint density at radius 1 is 1.17 bits per heavy atom. The van der Waals surface area contributed by atoms with Gasteiger partial charge in [-0.15, -0.1) is 0 Å². The second-order valence-electron chi connectivity index (χ2n) is 3.76. The van der Waals surface area contributed by atoms with Crippen molar-refractivity contribution in [2.24, 2.45) is 0 Å². The van der Waals surface area contributed by atoms with E-state index < -0.39 is 0 Å². The molecule has 0 aliphatic carbocycles. The fraction of sp³-hybridized carbons (Fsp3) is 0.455. The highest BCUT2D eigenvalue weighted by molar-refractivity contribution is 6.30. The van der Waals surface area contributed by atoms with Crippen LogP contribution in [0.15, 0.2) is 24.3 Å². The van der Waals surface area contributed by atoms with Gasteiger partial charge < -0.3 is 0 Å². The monoisotopic (exact) mass is 184 g/mol. The minimum Gasteiger partial charge on any atom is -0.0843 e. The molecule has 0 spiro atoms. The third kappa shape index (κ3) is 2.86. The lowest BCUT2D eigenvalue weighted by molar-refractivity contribution is 0.590. The molecular weight excluding hydrogens is 168 g/mol. The molecule has 0 amide bonds. The van der Waals surface area contributed by atoms with E-state index in [-0.39, 0.29) is 12.8 Å². The molecule has 0 aliphatic heterocycles. The first-order valence-electron chi connectivity index (χ1n) is 3.76. The largest absolute Gasteiger partial charge is 0.0843 e. The molecule has 0 saturated carbocycles. The Hall–Kier alpha value is -0.490. The predicted octanol–water partition coefficient (Wildman–Crippen LogP) is 4.27. The molecule has 0 saturated heterocycles. The summed E-state index contributed by atoms with van der Waals surface area (Å²) in [6.07, 6.45) is 0. The molecule has 0 N–H and O–H groups in total. The molecule has 0 atom stereocenters. The van der Waals surface area contributed by atoms with Gasteiger partial charge in [-0.1, -0.05) is 51.9 Å². The molecule has 1 aromatic rings. The van der Waals surface area contributed by atoms with Crippen LogP contribution >= 0.6 is 11.6 Å². The lowest BCUT2D eigenvalue weighted by Gasteiger charge is -2.18. The second kappa shape index (κ2) is 3.95. The number of halogens is 1. The van der Waals surface area contributed by atoms with Crippen LogP contribution in [0.2, 0.25) is 5.02 Å². The van der Waals surface area contributed by atoms with Crippen LogP contribution in [0.1, 0.15) is 33.8 Å². The normalized spacial score (nSPS) is 10.7. The van der Waals surface area contributed by atoms with E-state index in [1.165, 1.54) is 5.56 Å². The van der Waals surface area contributed by atoms with E-state index in [1.54, 1.807) is 0 Å². The van der Waals surface area contributed by atoms with E-state index in [4.69, 9.17) is 11.6 Å². The third-order valence-electron chi connectivity index (χ3n) is 1.69. The fourth-order valence-electron chi connectivity index (χ4n) is 0.955. The van der Waals surface area contributed by atoms with Crippen molar-refractivity contribution in [2.45, 2.75) is 33.6 Å². The molecule has 0 aliphatic rings. The van der Waals surface area contributed by atoms with Crippen LogP contribution in [0, 0.1) is 0 Å². The van der Waals surface area contributed by atoms with Gasteiger partial charge in [-0.2, -0.15) is 0 Å². The molecule has 1 aromatic carbocycles. The molecule has 0 unspecified atom stereocenters. The van der Waals surface area contributed by atoms with Crippen molar-refractivity contribution < 1.29 is 0 Å². The van der Waals surface area contributed by atoms with E-state index >= 15 is 0 Å². The minimum absolute atomic E-state index is 0. The molecule has 0 aromatic heterocycles. The van der Waals surface area contributed by atoms with Gasteiger partial charge in [-0.3, -0.25) is 0 Å². The van der Waals surface area contributed by atoms with Gasteiger partial charge in [0.25, 0.3) is 0 Å². The quantitative estimate of drug-likeness (QED) is 0.565. The highest BCUT2D eigenvalue weighted by Crippen LogP contribution is 2.24. The molecule has 0 fully saturated rings. The number of benzene rings is 1. The van der Waals surface area contributed by atoms with Crippen LogP contribution in [0.3, 0.4) is 0 Å². The second-order valence-corrected chi connectivity index (χ2v) is 4.20. The molecule has 1 heteroatoms. The maximum Gasteiger partial charge on any atom is 0.0408 e. The summed E-state index contributed by atoms with van der Waals surface area (Å²) in [6, 6.07) is 8.01. The van der Waals surface area contributed by atoms with Crippen LogP contribution in [0.25, 0.3) is 0 Å². The number of rotatable bonds is 0. The smallest absolute Gasteiger partial charge is 0.0408 e. The van der Waals surface area contributed by atoms with Crippen molar-refractivity contribution >= 4 is 11.6 Å². The van der Waals surface area contributed by atoms with E-state index in [1.807, 2.05) is 18.2 Å². The summed E-state index contributed by atoms with van der Waals surface area (Å²) >= 11 is 5.85. The lowest BCUT2D eigenvalue weighted by atomic mass is 9.87. The number of hydrogen-bond acceptors (Lipinski definition) is 0. The summed E-state index contributed by atoms with van der Waals surface area (Å²) < 4.78 is 0. The van der Waals surface area contributed by atoms with Crippen LogP contribution in [0.5, 0.6) is 0 Å². The minimum atomic E-state index is 0. The molecule has 1 rings (SSSR count). The van der Waals surface area contributed by atoms with Gasteiger partial charge in [0, 0.05) is 5.02 Å². The van der Waals surface area contributed by atoms with E-state index in [0.29, 0.717) is 0 Å². The molecule has 0 radical (unpaired) electrons. The summed E-state index contributed by atoms with van der Waals surface area (Å²) in [7, 11) is 0. The van der Waals surface area contributed by atoms with Crippen molar-refractivity contribution in [2.75, 3.05) is 0 Å². The molecule has 68 valence electrons. The van der Waals surface area contributed by atoms with Gasteiger partial charge in [0.15, 0.2) is 0 Å². The zero-order chi connectivity index (χ0) is 8.48. The number of hydrogen-bond donors (Lipinski definition) is 0. The van der Waals surface area contributed by atoms with Crippen molar-refractivity contribution in [1.29, 1.82) is 0 Å². The highest BCUT2D eigenvalue weighted by Gasteiger charge is 2.12. The molecule has 0 heterocycles. The van der Waals surface area contributed by atoms with Crippen molar-refractivity contribution in [3.63, 3.8) is 0 Å². The molecule has 0 bridgehead atoms. The topological polar surface area (TPSA) is 0 Å². The Morgan fingerprint density at radius 3 is 2.08 bits per heavy atom. The fourth-order valence-corrected chi connectivity index (χ4v) is 1.15. The molecular formula is C11H17Cl. The average molecular weight is 185 g/mol. The predicted molar refractivity (Wildman–Crippen MR) is 56.9 cm³/mol. The van der Waals surface area contributed by atoms with E-state index in [9.17, 15) is 0 Å². The average Bonchev–Trinajstić information content (AvgIpc) is 1.86. The van der Waals surface area contributed by atoms with Crippen molar-refractivity contribution in [1.82, 2.24) is 0 Å². The maximum absolute atomic E-state index is 5.85. The SMILES string of the molecule is C.CC(C)(C)c1cccc(Cl)c1. The van der Waals surface area contributed by atoms with Gasteiger partial charge in [-0.05, 0) is 23.1 Å². The summed E-state index contributed by atoms with van der Waals surface area (Å²) in [5, 5.41) is 0.817. The van der Waals surface area contributed by atoms with E-state index in [0.717, 1.165) is 5.02 Å². The Bertz CT molecular complexity index is 245. The van der Waals surface area contributed by atoms with Gasteiger partial charge in [0.1, 0.15) is 0 Å². The molecule has 12 heavy (non-hydrogen) atoms. The summed E-state index contributed by atoms with van der Waals surface area (Å²) in [4.78, 5) is 0. The Morgan fingerprint density at radius 2 is 1.75 bits per heavy atom. The van der Waals surface area contributed by atoms with Gasteiger partial charge in [0.2, 0.25) is 0 Å². The first kappa shape index (κ1) is 11.5. The van der Waals surface area contributed by atoms with Gasteiger partial charge >= 0.3 is 0 Å². The van der Waals surface area contributed by atoms with Crippen LogP contribution < -0.4 is 0 Å². The standard InChI is InChI=1S/C10H13Cl.CH4/c1-10(2,3)8-5-4-6-9(11)7-8;/h4-7H,1-3H3;1H4. The summed E-state index contributed by atoms with van der Waals surface area (Å²) in [5.41, 5.74) is 1.48. The van der Waals surface area contributed by atoms with Crippen LogP contribution in [-0.4, -0.2) is 0 Å². The Balaban J connectivity index is 0.00000121. The third-order valence-corrected chi connectivity index (χ3v) is 1.93. The van der Waals surface area contributed by atoms with Crippen LogP contribution in [0.4, 0.5) is 0 Å². The summed E-state index contributed by atoms with van der Waals surface area (Å²) in [6.45, 7) is 6.54. The Kier molecular flexibility index (Phi) is 3.79. The van der Waals surface area contributed by atoms with Crippen molar-refractivity contribution in [3.8, 4) is 0 Å². The Labute approximate surface area is 80.6 Å². The van der Waals surface area contributed by atoms with Gasteiger partial charge in [0.05, 0.1) is 0 Å². The zero-order valence-corrected chi connectivity index (χ0v) is 7.94. The van der Waals surface area contributed by atoms with Gasteiger partial charge in [-0.25, -0.2) is 0 Å². The first-order chi connectivity index (χ1) is 5.00. The summed E-state index contributed by atoms with van der Waals surface area (Å²) in [5.74, 6) is 0. The lowest BCUT2D eigenvalue weighted by Crippen LogP contribution is -2.10. The van der Waals surface area contributed by atoms with Crippen LogP contribution in [-0.2, 0) is 5.41 Å². The van der Waals surface area contributed by atoms with Crippen molar-refractivity contribution in [3.05, 3.63) is 34.9 Å². The first-order valence-corrected chi connectivity index (χ1v) is 4.14.